The first-order valence-electron chi connectivity index (χ1n) is 6.78. The number of carbonyl (C=O) groups excluding carboxylic acids is 1. The number of rotatable bonds is 4. The molecule has 3 rings (SSSR count). The maximum atomic E-state index is 12.6. The Morgan fingerprint density at radius 2 is 2.21 bits per heavy atom. The largest absolute Gasteiger partial charge is 0.335 e. The van der Waals surface area contributed by atoms with Gasteiger partial charge in [-0.15, -0.1) is 11.3 Å². The Labute approximate surface area is 122 Å². The van der Waals surface area contributed by atoms with Gasteiger partial charge in [0.15, 0.2) is 0 Å². The molecule has 1 aromatic rings. The molecule has 4 nitrogen and oxygen atoms in total. The third-order valence-electron chi connectivity index (χ3n) is 3.53. The van der Waals surface area contributed by atoms with Crippen molar-refractivity contribution in [1.82, 2.24) is 15.2 Å². The average Bonchev–Trinajstić information content (AvgIpc) is 3.21. The van der Waals surface area contributed by atoms with Gasteiger partial charge in [0.25, 0.3) is 5.91 Å². The molecular weight excluding hydrogens is 278 g/mol. The fraction of sp³-hybridized carbons (Fsp3) is 0.692. The van der Waals surface area contributed by atoms with Gasteiger partial charge in [-0.2, -0.15) is 11.8 Å². The van der Waals surface area contributed by atoms with Crippen LogP contribution < -0.4 is 5.32 Å². The highest BCUT2D eigenvalue weighted by Gasteiger charge is 2.33. The van der Waals surface area contributed by atoms with E-state index in [1.807, 2.05) is 4.90 Å². The fourth-order valence-corrected chi connectivity index (χ4v) is 4.18. The Hall–Kier alpha value is -0.590. The first kappa shape index (κ1) is 13.4. The van der Waals surface area contributed by atoms with Gasteiger partial charge in [-0.3, -0.25) is 4.79 Å². The third kappa shape index (κ3) is 2.95. The predicted molar refractivity (Wildman–Crippen MR) is 80.1 cm³/mol. The molecule has 1 amide bonds. The molecule has 2 heterocycles. The minimum Gasteiger partial charge on any atom is -0.335 e. The quantitative estimate of drug-likeness (QED) is 0.922. The zero-order valence-electron chi connectivity index (χ0n) is 11.1. The summed E-state index contributed by atoms with van der Waals surface area (Å²) in [5.41, 5.74) is 1.08. The summed E-state index contributed by atoms with van der Waals surface area (Å²) >= 11 is 3.38. The highest BCUT2D eigenvalue weighted by molar-refractivity contribution is 7.97. The zero-order valence-corrected chi connectivity index (χ0v) is 12.8. The number of aromatic nitrogens is 1. The van der Waals surface area contributed by atoms with Crippen molar-refractivity contribution in [2.45, 2.75) is 24.5 Å². The van der Waals surface area contributed by atoms with E-state index in [9.17, 15) is 4.79 Å². The SMILES string of the molecule is CSCc1nc(C2CC2)c(C(=O)N2CCNCC2)s1. The van der Waals surface area contributed by atoms with Crippen LogP contribution in [-0.4, -0.2) is 48.2 Å². The molecule has 2 fully saturated rings. The number of nitrogens with one attached hydrogen (secondary N) is 1. The summed E-state index contributed by atoms with van der Waals surface area (Å²) in [5, 5.41) is 4.39. The van der Waals surface area contributed by atoms with Crippen molar-refractivity contribution in [2.24, 2.45) is 0 Å². The number of nitrogens with zero attached hydrogens (tertiary/aromatic N) is 2. The molecule has 1 saturated heterocycles. The van der Waals surface area contributed by atoms with E-state index < -0.39 is 0 Å². The van der Waals surface area contributed by atoms with E-state index in [4.69, 9.17) is 4.98 Å². The van der Waals surface area contributed by atoms with Crippen LogP contribution in [0.25, 0.3) is 0 Å². The molecule has 19 heavy (non-hydrogen) atoms. The Balaban J connectivity index is 1.82. The summed E-state index contributed by atoms with van der Waals surface area (Å²) in [6, 6.07) is 0. The smallest absolute Gasteiger partial charge is 0.265 e. The highest BCUT2D eigenvalue weighted by Crippen LogP contribution is 2.43. The second kappa shape index (κ2) is 5.81. The van der Waals surface area contributed by atoms with Crippen molar-refractivity contribution >= 4 is 29.0 Å². The normalized spacial score (nSPS) is 19.7. The van der Waals surface area contributed by atoms with Crippen molar-refractivity contribution < 1.29 is 4.79 Å². The number of hydrogen-bond donors (Lipinski definition) is 1. The van der Waals surface area contributed by atoms with Gasteiger partial charge in [-0.25, -0.2) is 4.98 Å². The Bertz CT molecular complexity index is 464. The van der Waals surface area contributed by atoms with Crippen molar-refractivity contribution in [2.75, 3.05) is 32.4 Å². The molecule has 0 aromatic carbocycles. The Morgan fingerprint density at radius 3 is 2.84 bits per heavy atom. The minimum absolute atomic E-state index is 0.202. The first-order chi connectivity index (χ1) is 9.29. The number of amides is 1. The fourth-order valence-electron chi connectivity index (χ4n) is 2.36. The van der Waals surface area contributed by atoms with Gasteiger partial charge in [0.05, 0.1) is 5.69 Å². The number of piperazine rings is 1. The van der Waals surface area contributed by atoms with Gasteiger partial charge < -0.3 is 10.2 Å². The van der Waals surface area contributed by atoms with E-state index in [1.54, 1.807) is 23.1 Å². The topological polar surface area (TPSA) is 45.2 Å². The minimum atomic E-state index is 0.202. The molecule has 2 aliphatic rings. The van der Waals surface area contributed by atoms with Crippen LogP contribution >= 0.6 is 23.1 Å². The van der Waals surface area contributed by atoms with E-state index in [0.29, 0.717) is 5.92 Å². The summed E-state index contributed by atoms with van der Waals surface area (Å²) in [6.07, 6.45) is 4.48. The molecule has 1 N–H and O–H groups in total. The standard InChI is InChI=1S/C13H19N3OS2/c1-18-8-10-15-11(9-2-3-9)12(19-10)13(17)16-6-4-14-5-7-16/h9,14H,2-8H2,1H3. The number of thioether (sulfide) groups is 1. The van der Waals surface area contributed by atoms with E-state index in [1.165, 1.54) is 12.8 Å². The Morgan fingerprint density at radius 1 is 1.47 bits per heavy atom. The lowest BCUT2D eigenvalue weighted by atomic mass is 10.2. The van der Waals surface area contributed by atoms with Crippen LogP contribution in [-0.2, 0) is 5.75 Å². The van der Waals surface area contributed by atoms with Gasteiger partial charge >= 0.3 is 0 Å². The maximum Gasteiger partial charge on any atom is 0.265 e. The van der Waals surface area contributed by atoms with Gasteiger partial charge in [0.2, 0.25) is 0 Å². The number of thiazole rings is 1. The van der Waals surface area contributed by atoms with Gasteiger partial charge in [0, 0.05) is 37.8 Å². The highest BCUT2D eigenvalue weighted by atomic mass is 32.2. The van der Waals surface area contributed by atoms with Crippen LogP contribution in [0.1, 0.15) is 39.1 Å². The van der Waals surface area contributed by atoms with Crippen LogP contribution in [0.15, 0.2) is 0 Å². The molecule has 0 bridgehead atoms. The van der Waals surface area contributed by atoms with E-state index in [2.05, 4.69) is 11.6 Å². The average molecular weight is 297 g/mol. The summed E-state index contributed by atoms with van der Waals surface area (Å²) in [4.78, 5) is 20.2. The summed E-state index contributed by atoms with van der Waals surface area (Å²) in [7, 11) is 0. The molecule has 1 aliphatic heterocycles. The molecule has 1 aliphatic carbocycles. The van der Waals surface area contributed by atoms with Gasteiger partial charge in [-0.1, -0.05) is 0 Å². The van der Waals surface area contributed by atoms with Crippen molar-refractivity contribution in [3.8, 4) is 0 Å². The lowest BCUT2D eigenvalue weighted by Crippen LogP contribution is -2.46. The molecule has 104 valence electrons. The molecule has 0 unspecified atom stereocenters. The summed E-state index contributed by atoms with van der Waals surface area (Å²) in [5.74, 6) is 1.67. The van der Waals surface area contributed by atoms with E-state index >= 15 is 0 Å². The summed E-state index contributed by atoms with van der Waals surface area (Å²) < 4.78 is 0. The van der Waals surface area contributed by atoms with E-state index in [-0.39, 0.29) is 5.91 Å². The molecule has 0 spiro atoms. The molecule has 6 heteroatoms. The molecule has 0 radical (unpaired) electrons. The molecular formula is C13H19N3OS2. The first-order valence-corrected chi connectivity index (χ1v) is 8.99. The number of hydrogen-bond acceptors (Lipinski definition) is 5. The lowest BCUT2D eigenvalue weighted by molar-refractivity contribution is 0.0739. The molecule has 0 atom stereocenters. The van der Waals surface area contributed by atoms with Gasteiger partial charge in [-0.05, 0) is 19.1 Å². The lowest BCUT2D eigenvalue weighted by Gasteiger charge is -2.27. The molecule has 1 saturated carbocycles. The van der Waals surface area contributed by atoms with Crippen LogP contribution in [0.4, 0.5) is 0 Å². The van der Waals surface area contributed by atoms with Crippen LogP contribution in [0.5, 0.6) is 0 Å². The number of carbonyl (C=O) groups is 1. The Kier molecular flexibility index (Phi) is 4.10. The molecule has 1 aromatic heterocycles. The van der Waals surface area contributed by atoms with Crippen LogP contribution in [0.2, 0.25) is 0 Å². The van der Waals surface area contributed by atoms with Crippen LogP contribution in [0.3, 0.4) is 0 Å². The second-order valence-electron chi connectivity index (χ2n) is 5.07. The van der Waals surface area contributed by atoms with Gasteiger partial charge in [0.1, 0.15) is 9.88 Å². The van der Waals surface area contributed by atoms with Crippen LogP contribution in [0, 0.1) is 0 Å². The maximum absolute atomic E-state index is 12.6. The second-order valence-corrected chi connectivity index (χ2v) is 7.02. The van der Waals surface area contributed by atoms with E-state index in [0.717, 1.165) is 47.5 Å². The monoisotopic (exact) mass is 297 g/mol. The predicted octanol–water partition coefficient (Wildman–Crippen LogP) is 1.93. The van der Waals surface area contributed by atoms with Crippen molar-refractivity contribution in [3.05, 3.63) is 15.6 Å². The van der Waals surface area contributed by atoms with Crippen molar-refractivity contribution in [3.63, 3.8) is 0 Å². The zero-order chi connectivity index (χ0) is 13.2. The van der Waals surface area contributed by atoms with Crippen molar-refractivity contribution in [1.29, 1.82) is 0 Å². The third-order valence-corrected chi connectivity index (χ3v) is 5.33. The summed E-state index contributed by atoms with van der Waals surface area (Å²) in [6.45, 7) is 3.44.